The first-order valence-corrected chi connectivity index (χ1v) is 6.79. The number of methoxy groups -OCH3 is 1. The third kappa shape index (κ3) is 3.44. The maximum atomic E-state index is 11.8. The monoisotopic (exact) mass is 254 g/mol. The highest BCUT2D eigenvalue weighted by atomic mass is 32.1. The fourth-order valence-electron chi connectivity index (χ4n) is 1.95. The molecule has 0 atom stereocenters. The molecule has 1 aliphatic rings. The maximum absolute atomic E-state index is 11.8. The predicted octanol–water partition coefficient (Wildman–Crippen LogP) is 1.49. The molecule has 1 aromatic heterocycles. The van der Waals surface area contributed by atoms with Gasteiger partial charge in [0.1, 0.15) is 5.75 Å². The van der Waals surface area contributed by atoms with Gasteiger partial charge in [0.15, 0.2) is 0 Å². The average Bonchev–Trinajstić information content (AvgIpc) is 2.86. The summed E-state index contributed by atoms with van der Waals surface area (Å²) in [6.45, 7) is 2.90. The number of rotatable bonds is 4. The number of hydrogen-bond acceptors (Lipinski definition) is 4. The van der Waals surface area contributed by atoms with Crippen molar-refractivity contribution in [3.8, 4) is 5.75 Å². The van der Waals surface area contributed by atoms with Crippen molar-refractivity contribution in [3.05, 3.63) is 16.3 Å². The molecule has 0 saturated carbocycles. The fourth-order valence-corrected chi connectivity index (χ4v) is 2.73. The van der Waals surface area contributed by atoms with Gasteiger partial charge in [-0.2, -0.15) is 0 Å². The van der Waals surface area contributed by atoms with Crippen LogP contribution in [0.1, 0.15) is 22.5 Å². The molecule has 5 heteroatoms. The molecule has 0 unspecified atom stereocenters. The van der Waals surface area contributed by atoms with Gasteiger partial charge in [0.2, 0.25) is 0 Å². The summed E-state index contributed by atoms with van der Waals surface area (Å²) in [4.78, 5) is 12.6. The number of carbonyl (C=O) groups excluding carboxylic acids is 1. The Labute approximate surface area is 105 Å². The minimum Gasteiger partial charge on any atom is -0.496 e. The van der Waals surface area contributed by atoms with Crippen LogP contribution < -0.4 is 15.4 Å². The van der Waals surface area contributed by atoms with Crippen LogP contribution in [0, 0.1) is 5.92 Å². The molecule has 2 heterocycles. The number of piperidine rings is 1. The number of nitrogens with one attached hydrogen (secondary N) is 2. The summed E-state index contributed by atoms with van der Waals surface area (Å²) in [6, 6.07) is 1.78. The van der Waals surface area contributed by atoms with Gasteiger partial charge in [0.25, 0.3) is 5.91 Å². The van der Waals surface area contributed by atoms with Gasteiger partial charge >= 0.3 is 0 Å². The van der Waals surface area contributed by atoms with Crippen LogP contribution in [0.4, 0.5) is 0 Å². The third-order valence-electron chi connectivity index (χ3n) is 3.04. The van der Waals surface area contributed by atoms with Crippen molar-refractivity contribution in [2.75, 3.05) is 26.7 Å². The Balaban J connectivity index is 1.80. The van der Waals surface area contributed by atoms with E-state index in [1.54, 1.807) is 13.2 Å². The zero-order valence-corrected chi connectivity index (χ0v) is 10.8. The Morgan fingerprint density at radius 1 is 1.59 bits per heavy atom. The number of amides is 1. The second kappa shape index (κ2) is 6.02. The summed E-state index contributed by atoms with van der Waals surface area (Å²) in [6.07, 6.45) is 2.29. The SMILES string of the molecule is COc1csc(C(=O)NCC2CCNCC2)c1. The van der Waals surface area contributed by atoms with Crippen LogP contribution >= 0.6 is 11.3 Å². The highest BCUT2D eigenvalue weighted by Crippen LogP contribution is 2.21. The summed E-state index contributed by atoms with van der Waals surface area (Å²) in [7, 11) is 1.61. The van der Waals surface area contributed by atoms with Gasteiger partial charge < -0.3 is 15.4 Å². The molecular weight excluding hydrogens is 236 g/mol. The highest BCUT2D eigenvalue weighted by Gasteiger charge is 2.15. The van der Waals surface area contributed by atoms with Gasteiger partial charge in [0.05, 0.1) is 12.0 Å². The van der Waals surface area contributed by atoms with E-state index in [4.69, 9.17) is 4.74 Å². The first-order chi connectivity index (χ1) is 8.29. The summed E-state index contributed by atoms with van der Waals surface area (Å²) in [5.41, 5.74) is 0. The topological polar surface area (TPSA) is 50.4 Å². The second-order valence-corrected chi connectivity index (χ2v) is 5.17. The van der Waals surface area contributed by atoms with Crippen LogP contribution in [0.3, 0.4) is 0 Å². The lowest BCUT2D eigenvalue weighted by molar-refractivity contribution is 0.0948. The molecule has 2 rings (SSSR count). The smallest absolute Gasteiger partial charge is 0.261 e. The van der Waals surface area contributed by atoms with Crippen LogP contribution in [0.25, 0.3) is 0 Å². The van der Waals surface area contributed by atoms with E-state index in [9.17, 15) is 4.79 Å². The molecule has 0 bridgehead atoms. The molecule has 94 valence electrons. The Bertz CT molecular complexity index is 372. The molecule has 1 fully saturated rings. The molecule has 1 amide bonds. The van der Waals surface area contributed by atoms with Crippen molar-refractivity contribution >= 4 is 17.2 Å². The first-order valence-electron chi connectivity index (χ1n) is 5.91. The van der Waals surface area contributed by atoms with Crippen molar-refractivity contribution in [2.45, 2.75) is 12.8 Å². The lowest BCUT2D eigenvalue weighted by Crippen LogP contribution is -2.35. The van der Waals surface area contributed by atoms with Gasteiger partial charge in [0, 0.05) is 18.0 Å². The Morgan fingerprint density at radius 2 is 2.35 bits per heavy atom. The summed E-state index contributed by atoms with van der Waals surface area (Å²) >= 11 is 1.42. The van der Waals surface area contributed by atoms with E-state index < -0.39 is 0 Å². The zero-order valence-electron chi connectivity index (χ0n) is 9.99. The van der Waals surface area contributed by atoms with E-state index in [0.29, 0.717) is 5.92 Å². The summed E-state index contributed by atoms with van der Waals surface area (Å²) in [5, 5.41) is 8.16. The highest BCUT2D eigenvalue weighted by molar-refractivity contribution is 7.12. The molecule has 0 aliphatic carbocycles. The van der Waals surface area contributed by atoms with Crippen LogP contribution in [-0.2, 0) is 0 Å². The number of hydrogen-bond donors (Lipinski definition) is 2. The molecule has 2 N–H and O–H groups in total. The van der Waals surface area contributed by atoms with Crippen molar-refractivity contribution in [2.24, 2.45) is 5.92 Å². The number of carbonyl (C=O) groups is 1. The van der Waals surface area contributed by atoms with E-state index in [1.165, 1.54) is 11.3 Å². The van der Waals surface area contributed by atoms with E-state index in [1.807, 2.05) is 5.38 Å². The number of ether oxygens (including phenoxy) is 1. The average molecular weight is 254 g/mol. The molecular formula is C12H18N2O2S. The summed E-state index contributed by atoms with van der Waals surface area (Å²) in [5.74, 6) is 1.38. The largest absolute Gasteiger partial charge is 0.496 e. The third-order valence-corrected chi connectivity index (χ3v) is 3.95. The molecule has 17 heavy (non-hydrogen) atoms. The quantitative estimate of drug-likeness (QED) is 0.856. The Morgan fingerprint density at radius 3 is 3.00 bits per heavy atom. The lowest BCUT2D eigenvalue weighted by Gasteiger charge is -2.22. The molecule has 1 saturated heterocycles. The van der Waals surface area contributed by atoms with Crippen LogP contribution in [0.2, 0.25) is 0 Å². The van der Waals surface area contributed by atoms with Crippen LogP contribution in [-0.4, -0.2) is 32.7 Å². The molecule has 4 nitrogen and oxygen atoms in total. The van der Waals surface area contributed by atoms with Crippen LogP contribution in [0.5, 0.6) is 5.75 Å². The van der Waals surface area contributed by atoms with E-state index in [-0.39, 0.29) is 5.91 Å². The molecule has 0 spiro atoms. The standard InChI is InChI=1S/C12H18N2O2S/c1-16-10-6-11(17-8-10)12(15)14-7-9-2-4-13-5-3-9/h6,8-9,13H,2-5,7H2,1H3,(H,14,15). The second-order valence-electron chi connectivity index (χ2n) is 4.25. The van der Waals surface area contributed by atoms with Crippen molar-refractivity contribution < 1.29 is 9.53 Å². The first kappa shape index (κ1) is 12.4. The van der Waals surface area contributed by atoms with Gasteiger partial charge in [-0.3, -0.25) is 4.79 Å². The van der Waals surface area contributed by atoms with Gasteiger partial charge in [-0.15, -0.1) is 11.3 Å². The fraction of sp³-hybridized carbons (Fsp3) is 0.583. The number of thiophene rings is 1. The van der Waals surface area contributed by atoms with E-state index in [0.717, 1.165) is 43.1 Å². The van der Waals surface area contributed by atoms with Crippen LogP contribution in [0.15, 0.2) is 11.4 Å². The summed E-state index contributed by atoms with van der Waals surface area (Å²) < 4.78 is 5.06. The minimum atomic E-state index is 0.0110. The maximum Gasteiger partial charge on any atom is 0.261 e. The van der Waals surface area contributed by atoms with Gasteiger partial charge in [-0.05, 0) is 31.8 Å². The van der Waals surface area contributed by atoms with Gasteiger partial charge in [-0.1, -0.05) is 0 Å². The van der Waals surface area contributed by atoms with E-state index >= 15 is 0 Å². The van der Waals surface area contributed by atoms with E-state index in [2.05, 4.69) is 10.6 Å². The lowest BCUT2D eigenvalue weighted by atomic mass is 9.98. The molecule has 0 aromatic carbocycles. The molecule has 1 aromatic rings. The normalized spacial score (nSPS) is 16.8. The Kier molecular flexibility index (Phi) is 4.39. The minimum absolute atomic E-state index is 0.0110. The zero-order chi connectivity index (χ0) is 12.1. The van der Waals surface area contributed by atoms with Crippen molar-refractivity contribution in [1.29, 1.82) is 0 Å². The predicted molar refractivity (Wildman–Crippen MR) is 68.8 cm³/mol. The molecule has 0 radical (unpaired) electrons. The Hall–Kier alpha value is -1.07. The molecule has 1 aliphatic heterocycles. The van der Waals surface area contributed by atoms with Gasteiger partial charge in [-0.25, -0.2) is 0 Å². The van der Waals surface area contributed by atoms with Crippen molar-refractivity contribution in [1.82, 2.24) is 10.6 Å². The van der Waals surface area contributed by atoms with Crippen molar-refractivity contribution in [3.63, 3.8) is 0 Å².